The van der Waals surface area contributed by atoms with Crippen molar-refractivity contribution in [2.24, 2.45) is 5.92 Å². The van der Waals surface area contributed by atoms with Gasteiger partial charge in [-0.25, -0.2) is 0 Å². The smallest absolute Gasteiger partial charge is 0.253 e. The highest BCUT2D eigenvalue weighted by Gasteiger charge is 2.41. The summed E-state index contributed by atoms with van der Waals surface area (Å²) in [5.74, 6) is 0.338. The summed E-state index contributed by atoms with van der Waals surface area (Å²) in [6, 6.07) is 12.3. The minimum atomic E-state index is -0.428. The first-order valence-corrected chi connectivity index (χ1v) is 10.4. The van der Waals surface area contributed by atoms with E-state index in [1.54, 1.807) is 56.6 Å². The largest absolute Gasteiger partial charge is 0.497 e. The lowest BCUT2D eigenvalue weighted by Crippen LogP contribution is -2.37. The Labute approximate surface area is 187 Å². The van der Waals surface area contributed by atoms with Crippen molar-refractivity contribution in [3.8, 4) is 11.5 Å². The standard InChI is InChI=1S/C23H27ClN2O5/c1-29-10-9-25-22(27)20-14-26(23(28)15-5-4-6-16(24)11-15)13-19(20)18-8-7-17(30-2)12-21(18)31-3/h4-8,11-12,19-20H,9-10,13-14H2,1-3H3,(H,25,27)/t19-,20-/m0/s1. The van der Waals surface area contributed by atoms with Gasteiger partial charge in [0, 0.05) is 54.9 Å². The van der Waals surface area contributed by atoms with Crippen LogP contribution in [0.15, 0.2) is 42.5 Å². The lowest BCUT2D eigenvalue weighted by atomic mass is 9.87. The van der Waals surface area contributed by atoms with Crippen molar-refractivity contribution >= 4 is 23.4 Å². The minimum absolute atomic E-state index is 0.124. The molecule has 31 heavy (non-hydrogen) atoms. The summed E-state index contributed by atoms with van der Waals surface area (Å²) in [7, 11) is 4.75. The topological polar surface area (TPSA) is 77.1 Å². The minimum Gasteiger partial charge on any atom is -0.497 e. The van der Waals surface area contributed by atoms with E-state index in [9.17, 15) is 9.59 Å². The van der Waals surface area contributed by atoms with Crippen molar-refractivity contribution in [3.05, 3.63) is 58.6 Å². The van der Waals surface area contributed by atoms with Crippen LogP contribution in [0.3, 0.4) is 0 Å². The molecule has 0 aliphatic carbocycles. The first-order valence-electron chi connectivity index (χ1n) is 10.0. The van der Waals surface area contributed by atoms with Crippen LogP contribution < -0.4 is 14.8 Å². The quantitative estimate of drug-likeness (QED) is 0.631. The number of amides is 2. The molecular weight excluding hydrogens is 420 g/mol. The Morgan fingerprint density at radius 2 is 1.90 bits per heavy atom. The van der Waals surface area contributed by atoms with Gasteiger partial charge >= 0.3 is 0 Å². The van der Waals surface area contributed by atoms with Crippen LogP contribution in [0.5, 0.6) is 11.5 Å². The maximum Gasteiger partial charge on any atom is 0.253 e. The molecule has 1 aliphatic rings. The molecule has 2 aromatic carbocycles. The Morgan fingerprint density at radius 1 is 1.10 bits per heavy atom. The van der Waals surface area contributed by atoms with E-state index in [2.05, 4.69) is 5.32 Å². The summed E-state index contributed by atoms with van der Waals surface area (Å²) >= 11 is 6.06. The summed E-state index contributed by atoms with van der Waals surface area (Å²) in [6.07, 6.45) is 0. The van der Waals surface area contributed by atoms with Crippen LogP contribution in [0.1, 0.15) is 21.8 Å². The second-order valence-corrected chi connectivity index (χ2v) is 7.76. The lowest BCUT2D eigenvalue weighted by Gasteiger charge is -2.21. The van der Waals surface area contributed by atoms with Crippen LogP contribution in [0.25, 0.3) is 0 Å². The zero-order valence-electron chi connectivity index (χ0n) is 17.9. The van der Waals surface area contributed by atoms with E-state index in [1.807, 2.05) is 12.1 Å². The second-order valence-electron chi connectivity index (χ2n) is 7.33. The molecule has 1 aliphatic heterocycles. The number of ether oxygens (including phenoxy) is 3. The summed E-state index contributed by atoms with van der Waals surface area (Å²) in [4.78, 5) is 27.8. The fourth-order valence-corrected chi connectivity index (χ4v) is 4.08. The lowest BCUT2D eigenvalue weighted by molar-refractivity contribution is -0.125. The van der Waals surface area contributed by atoms with E-state index in [4.69, 9.17) is 25.8 Å². The number of rotatable bonds is 8. The van der Waals surface area contributed by atoms with Gasteiger partial charge in [0.15, 0.2) is 0 Å². The second kappa shape index (κ2) is 10.5. The average Bonchev–Trinajstić information content (AvgIpc) is 3.23. The molecule has 1 N–H and O–H groups in total. The molecule has 2 amide bonds. The highest BCUT2D eigenvalue weighted by molar-refractivity contribution is 6.30. The third-order valence-electron chi connectivity index (χ3n) is 5.46. The number of likely N-dealkylation sites (tertiary alicyclic amines) is 1. The van der Waals surface area contributed by atoms with Crippen LogP contribution in [0.4, 0.5) is 0 Å². The predicted octanol–water partition coefficient (Wildman–Crippen LogP) is 2.98. The van der Waals surface area contributed by atoms with Gasteiger partial charge in [0.25, 0.3) is 5.91 Å². The molecule has 0 saturated carbocycles. The van der Waals surface area contributed by atoms with Gasteiger partial charge < -0.3 is 24.4 Å². The van der Waals surface area contributed by atoms with Crippen molar-refractivity contribution in [1.82, 2.24) is 10.2 Å². The summed E-state index contributed by atoms with van der Waals surface area (Å²) in [6.45, 7) is 1.50. The Morgan fingerprint density at radius 3 is 2.58 bits per heavy atom. The zero-order chi connectivity index (χ0) is 22.4. The summed E-state index contributed by atoms with van der Waals surface area (Å²) < 4.78 is 15.9. The summed E-state index contributed by atoms with van der Waals surface area (Å²) in [5, 5.41) is 3.40. The number of nitrogens with zero attached hydrogens (tertiary/aromatic N) is 1. The monoisotopic (exact) mass is 446 g/mol. The highest BCUT2D eigenvalue weighted by atomic mass is 35.5. The highest BCUT2D eigenvalue weighted by Crippen LogP contribution is 2.39. The van der Waals surface area contributed by atoms with E-state index in [0.29, 0.717) is 48.3 Å². The third kappa shape index (κ3) is 5.29. The van der Waals surface area contributed by atoms with Gasteiger partial charge in [-0.2, -0.15) is 0 Å². The zero-order valence-corrected chi connectivity index (χ0v) is 18.6. The Hall–Kier alpha value is -2.77. The molecular formula is C23H27ClN2O5. The predicted molar refractivity (Wildman–Crippen MR) is 118 cm³/mol. The fourth-order valence-electron chi connectivity index (χ4n) is 3.89. The van der Waals surface area contributed by atoms with Crippen molar-refractivity contribution in [2.75, 3.05) is 47.6 Å². The first kappa shape index (κ1) is 22.9. The third-order valence-corrected chi connectivity index (χ3v) is 5.70. The number of hydrogen-bond donors (Lipinski definition) is 1. The van der Waals surface area contributed by atoms with Crippen LogP contribution in [-0.4, -0.2) is 64.3 Å². The Balaban J connectivity index is 1.90. The van der Waals surface area contributed by atoms with Crippen molar-refractivity contribution in [2.45, 2.75) is 5.92 Å². The molecule has 0 spiro atoms. The molecule has 166 valence electrons. The molecule has 0 aromatic heterocycles. The number of carbonyl (C=O) groups excluding carboxylic acids is 2. The van der Waals surface area contributed by atoms with Crippen LogP contribution in [0.2, 0.25) is 5.02 Å². The molecule has 3 rings (SSSR count). The molecule has 8 heteroatoms. The van der Waals surface area contributed by atoms with Crippen molar-refractivity contribution in [1.29, 1.82) is 0 Å². The number of halogens is 1. The summed E-state index contributed by atoms with van der Waals surface area (Å²) in [5.41, 5.74) is 1.35. The fraction of sp³-hybridized carbons (Fsp3) is 0.391. The molecule has 1 saturated heterocycles. The Kier molecular flexibility index (Phi) is 7.76. The Bertz CT molecular complexity index is 936. The van der Waals surface area contributed by atoms with Crippen LogP contribution in [-0.2, 0) is 9.53 Å². The van der Waals surface area contributed by atoms with Crippen LogP contribution >= 0.6 is 11.6 Å². The molecule has 0 bridgehead atoms. The van der Waals surface area contributed by atoms with Crippen molar-refractivity contribution < 1.29 is 23.8 Å². The van der Waals surface area contributed by atoms with Gasteiger partial charge in [-0.15, -0.1) is 0 Å². The SMILES string of the molecule is COCCNC(=O)[C@H]1CN(C(=O)c2cccc(Cl)c2)C[C@H]1c1ccc(OC)cc1OC. The van der Waals surface area contributed by atoms with E-state index >= 15 is 0 Å². The number of benzene rings is 2. The van der Waals surface area contributed by atoms with Gasteiger partial charge in [0.2, 0.25) is 5.91 Å². The number of methoxy groups -OCH3 is 3. The van der Waals surface area contributed by atoms with E-state index in [1.165, 1.54) is 0 Å². The number of hydrogen-bond acceptors (Lipinski definition) is 5. The van der Waals surface area contributed by atoms with E-state index in [-0.39, 0.29) is 17.7 Å². The molecule has 2 atom stereocenters. The average molecular weight is 447 g/mol. The number of carbonyl (C=O) groups is 2. The van der Waals surface area contributed by atoms with Gasteiger partial charge in [-0.05, 0) is 24.3 Å². The molecule has 1 fully saturated rings. The molecule has 2 aromatic rings. The van der Waals surface area contributed by atoms with E-state index < -0.39 is 5.92 Å². The van der Waals surface area contributed by atoms with Crippen molar-refractivity contribution in [3.63, 3.8) is 0 Å². The normalized spacial score (nSPS) is 18.0. The molecule has 0 unspecified atom stereocenters. The van der Waals surface area contributed by atoms with Gasteiger partial charge in [-0.3, -0.25) is 9.59 Å². The van der Waals surface area contributed by atoms with Crippen LogP contribution in [0, 0.1) is 5.92 Å². The molecule has 7 nitrogen and oxygen atoms in total. The maximum atomic E-state index is 13.1. The molecule has 0 radical (unpaired) electrons. The first-order chi connectivity index (χ1) is 15.0. The van der Waals surface area contributed by atoms with Gasteiger partial charge in [0.05, 0.1) is 26.7 Å². The van der Waals surface area contributed by atoms with E-state index in [0.717, 1.165) is 5.56 Å². The van der Waals surface area contributed by atoms with Gasteiger partial charge in [0.1, 0.15) is 11.5 Å². The maximum absolute atomic E-state index is 13.1. The van der Waals surface area contributed by atoms with Gasteiger partial charge in [-0.1, -0.05) is 23.7 Å². The number of nitrogens with one attached hydrogen (secondary N) is 1. The molecule has 1 heterocycles.